The molecule has 8 heteroatoms. The smallest absolute Gasteiger partial charge is 0.345 e. The van der Waals surface area contributed by atoms with Crippen LogP contribution in [0, 0.1) is 0 Å². The molecule has 7 nitrogen and oxygen atoms in total. The summed E-state index contributed by atoms with van der Waals surface area (Å²) in [7, 11) is 0. The lowest BCUT2D eigenvalue weighted by Crippen LogP contribution is -2.45. The van der Waals surface area contributed by atoms with Gasteiger partial charge in [-0.25, -0.2) is 14.4 Å². The van der Waals surface area contributed by atoms with Crippen LogP contribution in [0.25, 0.3) is 0 Å². The third kappa shape index (κ3) is 3.05. The molecule has 1 aliphatic heterocycles. The molecule has 0 radical (unpaired) electrons. The average molecular weight is 310 g/mol. The van der Waals surface area contributed by atoms with Crippen LogP contribution < -0.4 is 10.6 Å². The van der Waals surface area contributed by atoms with E-state index in [1.807, 2.05) is 0 Å². The van der Waals surface area contributed by atoms with Crippen LogP contribution in [0.4, 0.5) is 4.79 Å². The van der Waals surface area contributed by atoms with Crippen LogP contribution in [0.2, 0.25) is 0 Å². The zero-order valence-corrected chi connectivity index (χ0v) is 12.2. The second kappa shape index (κ2) is 5.96. The number of nitrogens with one attached hydrogen (secondary N) is 2. The second-order valence-electron chi connectivity index (χ2n) is 4.30. The van der Waals surface area contributed by atoms with Crippen molar-refractivity contribution in [1.29, 1.82) is 0 Å². The molecule has 3 N–H and O–H groups in total. The fourth-order valence-electron chi connectivity index (χ4n) is 2.01. The Balaban J connectivity index is 2.41. The van der Waals surface area contributed by atoms with Gasteiger partial charge in [-0.15, -0.1) is 11.3 Å². The summed E-state index contributed by atoms with van der Waals surface area (Å²) in [5, 5.41) is 14.1. The van der Waals surface area contributed by atoms with E-state index in [1.54, 1.807) is 19.9 Å². The van der Waals surface area contributed by atoms with Gasteiger partial charge in [0.2, 0.25) is 0 Å². The summed E-state index contributed by atoms with van der Waals surface area (Å²) in [6, 6.07) is 1.86. The van der Waals surface area contributed by atoms with E-state index in [9.17, 15) is 14.4 Å². The number of carbonyl (C=O) groups excluding carboxylic acids is 2. The lowest BCUT2D eigenvalue weighted by molar-refractivity contribution is -0.139. The zero-order chi connectivity index (χ0) is 15.6. The SMILES string of the molecule is CCOC(=O)C1=C(C)NC(=O)NC1c1ccc(C(=O)O)s1. The molecule has 1 aromatic heterocycles. The Morgan fingerprint density at radius 1 is 1.43 bits per heavy atom. The molecule has 0 aromatic carbocycles. The molecule has 1 aliphatic rings. The van der Waals surface area contributed by atoms with Gasteiger partial charge < -0.3 is 20.5 Å². The predicted octanol–water partition coefficient (Wildman–Crippen LogP) is 1.64. The van der Waals surface area contributed by atoms with Gasteiger partial charge in [0, 0.05) is 10.6 Å². The number of carboxylic acid groups (broad SMARTS) is 1. The summed E-state index contributed by atoms with van der Waals surface area (Å²) >= 11 is 1.01. The maximum absolute atomic E-state index is 12.1. The quantitative estimate of drug-likeness (QED) is 0.733. The van der Waals surface area contributed by atoms with Gasteiger partial charge in [-0.05, 0) is 26.0 Å². The van der Waals surface area contributed by atoms with E-state index in [0.29, 0.717) is 10.6 Å². The summed E-state index contributed by atoms with van der Waals surface area (Å²) in [5.74, 6) is -1.59. The highest BCUT2D eigenvalue weighted by Gasteiger charge is 2.33. The van der Waals surface area contributed by atoms with Crippen molar-refractivity contribution in [1.82, 2.24) is 10.6 Å². The number of rotatable bonds is 4. The minimum Gasteiger partial charge on any atom is -0.477 e. The number of urea groups is 1. The fourth-order valence-corrected chi connectivity index (χ4v) is 2.92. The number of aromatic carboxylic acids is 1. The minimum absolute atomic E-state index is 0.138. The number of carboxylic acids is 1. The Kier molecular flexibility index (Phi) is 4.27. The van der Waals surface area contributed by atoms with Gasteiger partial charge in [-0.3, -0.25) is 0 Å². The molecule has 1 aromatic rings. The molecule has 112 valence electrons. The van der Waals surface area contributed by atoms with Crippen molar-refractivity contribution in [2.75, 3.05) is 6.61 Å². The second-order valence-corrected chi connectivity index (χ2v) is 5.41. The molecule has 2 amide bonds. The molecule has 2 heterocycles. The van der Waals surface area contributed by atoms with Crippen LogP contribution in [0.3, 0.4) is 0 Å². The van der Waals surface area contributed by atoms with Crippen molar-refractivity contribution in [2.45, 2.75) is 19.9 Å². The molecule has 2 rings (SSSR count). The summed E-state index contributed by atoms with van der Waals surface area (Å²) in [6.07, 6.45) is 0. The van der Waals surface area contributed by atoms with Gasteiger partial charge in [0.1, 0.15) is 4.88 Å². The van der Waals surface area contributed by atoms with Gasteiger partial charge in [-0.2, -0.15) is 0 Å². The molecular weight excluding hydrogens is 296 g/mol. The first-order chi connectivity index (χ1) is 9.93. The van der Waals surface area contributed by atoms with E-state index in [-0.39, 0.29) is 17.1 Å². The van der Waals surface area contributed by atoms with Crippen molar-refractivity contribution < 1.29 is 24.2 Å². The van der Waals surface area contributed by atoms with Crippen LogP contribution in [-0.4, -0.2) is 29.7 Å². The van der Waals surface area contributed by atoms with Crippen LogP contribution in [0.1, 0.15) is 34.4 Å². The molecule has 0 aliphatic carbocycles. The molecule has 0 saturated carbocycles. The van der Waals surface area contributed by atoms with E-state index >= 15 is 0 Å². The Labute approximate surface area is 124 Å². The monoisotopic (exact) mass is 310 g/mol. The Morgan fingerprint density at radius 2 is 2.14 bits per heavy atom. The minimum atomic E-state index is -1.05. The normalized spacial score (nSPS) is 18.0. The summed E-state index contributed by atoms with van der Waals surface area (Å²) in [4.78, 5) is 35.3. The van der Waals surface area contributed by atoms with Gasteiger partial charge in [0.25, 0.3) is 0 Å². The first kappa shape index (κ1) is 15.0. The average Bonchev–Trinajstić information content (AvgIpc) is 2.87. The highest BCUT2D eigenvalue weighted by Crippen LogP contribution is 2.32. The highest BCUT2D eigenvalue weighted by atomic mass is 32.1. The third-order valence-electron chi connectivity index (χ3n) is 2.89. The topological polar surface area (TPSA) is 105 Å². The molecule has 1 atom stereocenters. The zero-order valence-electron chi connectivity index (χ0n) is 11.4. The maximum atomic E-state index is 12.1. The maximum Gasteiger partial charge on any atom is 0.345 e. The largest absolute Gasteiger partial charge is 0.477 e. The van der Waals surface area contributed by atoms with Crippen LogP contribution >= 0.6 is 11.3 Å². The van der Waals surface area contributed by atoms with Crippen molar-refractivity contribution in [3.8, 4) is 0 Å². The number of esters is 1. The van der Waals surface area contributed by atoms with E-state index in [1.165, 1.54) is 6.07 Å². The van der Waals surface area contributed by atoms with Gasteiger partial charge in [0.15, 0.2) is 0 Å². The number of thiophene rings is 1. The van der Waals surface area contributed by atoms with Crippen molar-refractivity contribution in [3.63, 3.8) is 0 Å². The number of hydrogen-bond acceptors (Lipinski definition) is 5. The highest BCUT2D eigenvalue weighted by molar-refractivity contribution is 7.14. The Bertz CT molecular complexity index is 634. The number of hydrogen-bond donors (Lipinski definition) is 3. The van der Waals surface area contributed by atoms with E-state index in [4.69, 9.17) is 9.84 Å². The molecule has 21 heavy (non-hydrogen) atoms. The molecule has 0 fully saturated rings. The molecule has 0 saturated heterocycles. The van der Waals surface area contributed by atoms with Gasteiger partial charge in [0.05, 0.1) is 18.2 Å². The molecule has 0 spiro atoms. The summed E-state index contributed by atoms with van der Waals surface area (Å²) in [6.45, 7) is 3.50. The predicted molar refractivity (Wildman–Crippen MR) is 75.0 cm³/mol. The Hall–Kier alpha value is -2.35. The van der Waals surface area contributed by atoms with E-state index < -0.39 is 24.0 Å². The van der Waals surface area contributed by atoms with Crippen LogP contribution in [0.15, 0.2) is 23.4 Å². The van der Waals surface area contributed by atoms with E-state index in [0.717, 1.165) is 11.3 Å². The van der Waals surface area contributed by atoms with Crippen molar-refractivity contribution in [2.24, 2.45) is 0 Å². The number of carbonyl (C=O) groups is 3. The fraction of sp³-hybridized carbons (Fsp3) is 0.308. The van der Waals surface area contributed by atoms with Crippen LogP contribution in [-0.2, 0) is 9.53 Å². The standard InChI is InChI=1S/C13H14N2O5S/c1-3-20-12(18)9-6(2)14-13(19)15-10(9)7-4-5-8(21-7)11(16)17/h4-5,10H,3H2,1-2H3,(H,16,17)(H2,14,15,19). The van der Waals surface area contributed by atoms with Gasteiger partial charge >= 0.3 is 18.0 Å². The third-order valence-corrected chi connectivity index (χ3v) is 4.02. The lowest BCUT2D eigenvalue weighted by Gasteiger charge is -2.26. The number of ether oxygens (including phenoxy) is 1. The van der Waals surface area contributed by atoms with Crippen molar-refractivity contribution in [3.05, 3.63) is 33.2 Å². The first-order valence-corrected chi connectivity index (χ1v) is 7.04. The molecule has 1 unspecified atom stereocenters. The summed E-state index contributed by atoms with van der Waals surface area (Å²) < 4.78 is 4.99. The van der Waals surface area contributed by atoms with Crippen LogP contribution in [0.5, 0.6) is 0 Å². The van der Waals surface area contributed by atoms with E-state index in [2.05, 4.69) is 10.6 Å². The summed E-state index contributed by atoms with van der Waals surface area (Å²) in [5.41, 5.74) is 0.669. The first-order valence-electron chi connectivity index (χ1n) is 6.22. The van der Waals surface area contributed by atoms with Crippen molar-refractivity contribution >= 4 is 29.3 Å². The Morgan fingerprint density at radius 3 is 2.71 bits per heavy atom. The van der Waals surface area contributed by atoms with Gasteiger partial charge in [-0.1, -0.05) is 0 Å². The molecule has 0 bridgehead atoms. The number of allylic oxidation sites excluding steroid dienone is 1. The number of amides is 2. The lowest BCUT2D eigenvalue weighted by atomic mass is 10.0. The molecular formula is C13H14N2O5S.